The van der Waals surface area contributed by atoms with Crippen LogP contribution in [0.3, 0.4) is 0 Å². The number of carbonyl (C=O) groups excluding carboxylic acids is 1. The molecule has 2 rings (SSSR count). The van der Waals surface area contributed by atoms with E-state index in [2.05, 4.69) is 5.32 Å². The predicted molar refractivity (Wildman–Crippen MR) is 91.0 cm³/mol. The number of aliphatic hydroxyl groups is 1. The number of nitrogens with zero attached hydrogens (tertiary/aromatic N) is 1. The van der Waals surface area contributed by atoms with Crippen LogP contribution >= 0.6 is 11.6 Å². The van der Waals surface area contributed by atoms with E-state index < -0.39 is 0 Å². The van der Waals surface area contributed by atoms with Crippen molar-refractivity contribution in [1.82, 2.24) is 4.90 Å². The molecule has 6 heteroatoms. The second-order valence-electron chi connectivity index (χ2n) is 4.91. The Hall–Kier alpha value is -2.24. The van der Waals surface area contributed by atoms with Crippen molar-refractivity contribution in [2.24, 2.45) is 0 Å². The van der Waals surface area contributed by atoms with Crippen LogP contribution in [0.15, 0.2) is 48.5 Å². The molecular formula is C17H19ClN2O3. The number of halogens is 1. The lowest BCUT2D eigenvalue weighted by Gasteiger charge is -2.22. The topological polar surface area (TPSA) is 61.8 Å². The van der Waals surface area contributed by atoms with Crippen LogP contribution in [0.4, 0.5) is 10.5 Å². The lowest BCUT2D eigenvalue weighted by molar-refractivity contribution is 0.185. The van der Waals surface area contributed by atoms with Gasteiger partial charge in [0.1, 0.15) is 5.75 Å². The molecule has 2 N–H and O–H groups in total. The number of methoxy groups -OCH3 is 1. The number of anilines is 1. The van der Waals surface area contributed by atoms with Crippen molar-refractivity contribution in [1.29, 1.82) is 0 Å². The van der Waals surface area contributed by atoms with Crippen LogP contribution in [0.1, 0.15) is 5.56 Å². The third-order valence-electron chi connectivity index (χ3n) is 3.28. The maximum atomic E-state index is 12.4. The summed E-state index contributed by atoms with van der Waals surface area (Å²) in [5.41, 5.74) is 1.56. The number of amides is 2. The Labute approximate surface area is 140 Å². The zero-order valence-corrected chi connectivity index (χ0v) is 13.6. The van der Waals surface area contributed by atoms with E-state index in [0.717, 1.165) is 5.56 Å². The predicted octanol–water partition coefficient (Wildman–Crippen LogP) is 3.38. The number of carbonyl (C=O) groups is 1. The summed E-state index contributed by atoms with van der Waals surface area (Å²) in [6.07, 6.45) is 0. The molecule has 0 bridgehead atoms. The maximum Gasteiger partial charge on any atom is 0.322 e. The molecule has 5 nitrogen and oxygen atoms in total. The minimum Gasteiger partial charge on any atom is -0.495 e. The lowest BCUT2D eigenvalue weighted by Crippen LogP contribution is -2.36. The van der Waals surface area contributed by atoms with Crippen molar-refractivity contribution in [3.63, 3.8) is 0 Å². The first-order valence-electron chi connectivity index (χ1n) is 7.18. The van der Waals surface area contributed by atoms with E-state index in [1.807, 2.05) is 30.3 Å². The van der Waals surface area contributed by atoms with Crippen molar-refractivity contribution < 1.29 is 14.6 Å². The Morgan fingerprint density at radius 2 is 2.00 bits per heavy atom. The first-order chi connectivity index (χ1) is 11.1. The number of hydrogen-bond acceptors (Lipinski definition) is 3. The Morgan fingerprint density at radius 3 is 2.61 bits per heavy atom. The smallest absolute Gasteiger partial charge is 0.322 e. The molecule has 0 aliphatic heterocycles. The summed E-state index contributed by atoms with van der Waals surface area (Å²) < 4.78 is 5.08. The fourth-order valence-corrected chi connectivity index (χ4v) is 2.38. The number of benzene rings is 2. The van der Waals surface area contributed by atoms with Gasteiger partial charge in [-0.3, -0.25) is 0 Å². The highest BCUT2D eigenvalue weighted by atomic mass is 35.5. The Morgan fingerprint density at radius 1 is 1.26 bits per heavy atom. The Kier molecular flexibility index (Phi) is 6.26. The van der Waals surface area contributed by atoms with Crippen LogP contribution in [0.5, 0.6) is 5.75 Å². The van der Waals surface area contributed by atoms with Crippen LogP contribution in [0.25, 0.3) is 0 Å². The summed E-state index contributed by atoms with van der Waals surface area (Å²) in [7, 11) is 1.53. The average Bonchev–Trinajstić information content (AvgIpc) is 2.55. The maximum absolute atomic E-state index is 12.4. The zero-order chi connectivity index (χ0) is 16.7. The fraction of sp³-hybridized carbons (Fsp3) is 0.235. The molecular weight excluding hydrogens is 316 g/mol. The number of urea groups is 1. The van der Waals surface area contributed by atoms with E-state index in [1.165, 1.54) is 12.0 Å². The molecule has 0 radical (unpaired) electrons. The summed E-state index contributed by atoms with van der Waals surface area (Å²) in [5.74, 6) is 0.543. The molecule has 2 aromatic carbocycles. The molecule has 0 unspecified atom stereocenters. The molecule has 0 aliphatic carbocycles. The lowest BCUT2D eigenvalue weighted by atomic mass is 10.2. The standard InChI is InChI=1S/C17H19ClN2O3/c1-23-16-8-7-14(11-15(16)18)19-17(22)20(9-10-21)12-13-5-3-2-4-6-13/h2-8,11,21H,9-10,12H2,1H3,(H,19,22). The summed E-state index contributed by atoms with van der Waals surface area (Å²) in [4.78, 5) is 13.9. The van der Waals surface area contributed by atoms with Gasteiger partial charge in [-0.05, 0) is 23.8 Å². The molecule has 122 valence electrons. The van der Waals surface area contributed by atoms with Crippen LogP contribution < -0.4 is 10.1 Å². The Balaban J connectivity index is 2.07. The van der Waals surface area contributed by atoms with Crippen molar-refractivity contribution in [3.05, 3.63) is 59.1 Å². The van der Waals surface area contributed by atoms with Gasteiger partial charge in [-0.25, -0.2) is 4.79 Å². The van der Waals surface area contributed by atoms with Gasteiger partial charge in [-0.2, -0.15) is 0 Å². The molecule has 2 amide bonds. The highest BCUT2D eigenvalue weighted by Gasteiger charge is 2.14. The molecule has 0 heterocycles. The summed E-state index contributed by atoms with van der Waals surface area (Å²) in [6.45, 7) is 0.547. The van der Waals surface area contributed by atoms with Crippen molar-refractivity contribution in [2.75, 3.05) is 25.6 Å². The summed E-state index contributed by atoms with van der Waals surface area (Å²) in [6, 6.07) is 14.3. The third-order valence-corrected chi connectivity index (χ3v) is 3.57. The van der Waals surface area contributed by atoms with E-state index in [9.17, 15) is 9.90 Å². The summed E-state index contributed by atoms with van der Waals surface area (Å²) in [5, 5.41) is 12.4. The van der Waals surface area contributed by atoms with E-state index in [1.54, 1.807) is 18.2 Å². The highest BCUT2D eigenvalue weighted by Crippen LogP contribution is 2.27. The average molecular weight is 335 g/mol. The molecule has 0 spiro atoms. The number of hydrogen-bond donors (Lipinski definition) is 2. The van der Waals surface area contributed by atoms with Gasteiger partial charge in [0.15, 0.2) is 0 Å². The van der Waals surface area contributed by atoms with Gasteiger partial charge in [0.05, 0.1) is 18.7 Å². The molecule has 0 aliphatic rings. The van der Waals surface area contributed by atoms with Crippen LogP contribution in [0.2, 0.25) is 5.02 Å². The molecule has 0 saturated carbocycles. The molecule has 0 aromatic heterocycles. The third kappa shape index (κ3) is 4.87. The molecule has 0 atom stereocenters. The molecule has 23 heavy (non-hydrogen) atoms. The van der Waals surface area contributed by atoms with E-state index in [4.69, 9.17) is 16.3 Å². The van der Waals surface area contributed by atoms with E-state index >= 15 is 0 Å². The monoisotopic (exact) mass is 334 g/mol. The number of aliphatic hydroxyl groups excluding tert-OH is 1. The number of rotatable bonds is 6. The Bertz CT molecular complexity index is 650. The minimum absolute atomic E-state index is 0.108. The van der Waals surface area contributed by atoms with Gasteiger partial charge in [-0.15, -0.1) is 0 Å². The molecule has 2 aromatic rings. The quantitative estimate of drug-likeness (QED) is 0.851. The van der Waals surface area contributed by atoms with Gasteiger partial charge >= 0.3 is 6.03 Å². The number of ether oxygens (including phenoxy) is 1. The highest BCUT2D eigenvalue weighted by molar-refractivity contribution is 6.32. The number of nitrogens with one attached hydrogen (secondary N) is 1. The van der Waals surface area contributed by atoms with Crippen molar-refractivity contribution >= 4 is 23.3 Å². The normalized spacial score (nSPS) is 10.2. The van der Waals surface area contributed by atoms with Gasteiger partial charge < -0.3 is 20.1 Å². The SMILES string of the molecule is COc1ccc(NC(=O)N(CCO)Cc2ccccc2)cc1Cl. The zero-order valence-electron chi connectivity index (χ0n) is 12.8. The van der Waals surface area contributed by atoms with Gasteiger partial charge in [0.2, 0.25) is 0 Å². The fourth-order valence-electron chi connectivity index (χ4n) is 2.12. The van der Waals surface area contributed by atoms with Crippen molar-refractivity contribution in [3.8, 4) is 5.75 Å². The first-order valence-corrected chi connectivity index (χ1v) is 7.56. The second-order valence-corrected chi connectivity index (χ2v) is 5.32. The van der Waals surface area contributed by atoms with E-state index in [-0.39, 0.29) is 19.2 Å². The minimum atomic E-state index is -0.302. The van der Waals surface area contributed by atoms with Crippen LogP contribution in [-0.4, -0.2) is 36.3 Å². The van der Waals surface area contributed by atoms with E-state index in [0.29, 0.717) is 23.0 Å². The van der Waals surface area contributed by atoms with Gasteiger partial charge in [0.25, 0.3) is 0 Å². The molecule has 0 saturated heterocycles. The van der Waals surface area contributed by atoms with Crippen LogP contribution in [0, 0.1) is 0 Å². The first kappa shape index (κ1) is 17.1. The van der Waals surface area contributed by atoms with Crippen LogP contribution in [-0.2, 0) is 6.54 Å². The van der Waals surface area contributed by atoms with Crippen molar-refractivity contribution in [2.45, 2.75) is 6.54 Å². The van der Waals surface area contributed by atoms with Gasteiger partial charge in [0, 0.05) is 18.8 Å². The largest absolute Gasteiger partial charge is 0.495 e. The second kappa shape index (κ2) is 8.41. The molecule has 0 fully saturated rings. The summed E-state index contributed by atoms with van der Waals surface area (Å²) >= 11 is 6.05. The van der Waals surface area contributed by atoms with Gasteiger partial charge in [-0.1, -0.05) is 41.9 Å².